The van der Waals surface area contributed by atoms with Crippen LogP contribution < -0.4 is 0 Å². The van der Waals surface area contributed by atoms with Gasteiger partial charge in [-0.3, -0.25) is 0 Å². The lowest BCUT2D eigenvalue weighted by molar-refractivity contribution is 0.193. The zero-order valence-corrected chi connectivity index (χ0v) is 19.2. The van der Waals surface area contributed by atoms with Gasteiger partial charge in [-0.2, -0.15) is 0 Å². The second-order valence-corrected chi connectivity index (χ2v) is 10.1. The molecule has 4 atom stereocenters. The first-order valence-corrected chi connectivity index (χ1v) is 11.6. The highest BCUT2D eigenvalue weighted by Crippen LogP contribution is 2.43. The maximum Gasteiger partial charge on any atom is 0.199 e. The molecule has 5 rings (SSSR count). The van der Waals surface area contributed by atoms with E-state index in [1.807, 2.05) is 0 Å². The third-order valence-corrected chi connectivity index (χ3v) is 7.05. The fourth-order valence-corrected chi connectivity index (χ4v) is 4.85. The first kappa shape index (κ1) is 20.5. The second kappa shape index (κ2) is 7.64. The monoisotopic (exact) mass is 423 g/mol. The number of hydrogen-bond donors (Lipinski definition) is 0. The van der Waals surface area contributed by atoms with Crippen molar-refractivity contribution in [2.75, 3.05) is 13.2 Å². The van der Waals surface area contributed by atoms with Crippen LogP contribution >= 0.6 is 0 Å². The quantitative estimate of drug-likeness (QED) is 0.682. The van der Waals surface area contributed by atoms with E-state index in [1.165, 1.54) is 11.1 Å². The molecule has 31 heavy (non-hydrogen) atoms. The number of benzene rings is 1. The highest BCUT2D eigenvalue weighted by molar-refractivity contribution is 6.08. The maximum atomic E-state index is 6.36. The molecule has 1 aromatic carbocycles. The van der Waals surface area contributed by atoms with Crippen LogP contribution in [0.4, 0.5) is 0 Å². The lowest BCUT2D eigenvalue weighted by Gasteiger charge is -2.27. The van der Waals surface area contributed by atoms with E-state index in [4.69, 9.17) is 29.2 Å². The Morgan fingerprint density at radius 2 is 1.55 bits per heavy atom. The molecule has 0 fully saturated rings. The van der Waals surface area contributed by atoms with Crippen LogP contribution in [0, 0.1) is 17.3 Å². The predicted molar refractivity (Wildman–Crippen MR) is 122 cm³/mol. The molecule has 166 valence electrons. The Balaban J connectivity index is 1.45. The lowest BCUT2D eigenvalue weighted by Crippen LogP contribution is -2.39. The van der Waals surface area contributed by atoms with Crippen molar-refractivity contribution in [1.82, 2.24) is 0 Å². The van der Waals surface area contributed by atoms with Gasteiger partial charge in [-0.05, 0) is 29.9 Å². The largest absolute Gasteiger partial charge is 0.478 e. The zero-order chi connectivity index (χ0) is 21.8. The smallest absolute Gasteiger partial charge is 0.199 e. The van der Waals surface area contributed by atoms with Gasteiger partial charge in [-0.15, -0.1) is 0 Å². The minimum Gasteiger partial charge on any atom is -0.478 e. The molecule has 1 aromatic rings. The summed E-state index contributed by atoms with van der Waals surface area (Å²) in [6, 6.07) is 8.92. The Kier molecular flexibility index (Phi) is 5.06. The van der Waals surface area contributed by atoms with E-state index >= 15 is 0 Å². The van der Waals surface area contributed by atoms with Crippen molar-refractivity contribution in [3.63, 3.8) is 0 Å². The third-order valence-electron chi connectivity index (χ3n) is 7.05. The van der Waals surface area contributed by atoms with Gasteiger partial charge in [0.15, 0.2) is 17.7 Å². The highest BCUT2D eigenvalue weighted by atomic mass is 16.5. The molecule has 3 aliphatic heterocycles. The molecule has 0 saturated carbocycles. The summed E-state index contributed by atoms with van der Waals surface area (Å²) in [5.74, 6) is 3.02. The molecule has 0 bridgehead atoms. The van der Waals surface area contributed by atoms with Gasteiger partial charge in [-0.25, -0.2) is 15.0 Å². The van der Waals surface area contributed by atoms with E-state index in [2.05, 4.69) is 58.9 Å². The molecule has 0 N–H and O–H groups in total. The summed E-state index contributed by atoms with van der Waals surface area (Å²) in [7, 11) is 0. The van der Waals surface area contributed by atoms with Crippen LogP contribution in [0.25, 0.3) is 0 Å². The van der Waals surface area contributed by atoms with Gasteiger partial charge in [0.2, 0.25) is 0 Å². The van der Waals surface area contributed by atoms with Gasteiger partial charge < -0.3 is 14.2 Å². The number of fused-ring (bicyclic) bond motifs is 3. The Morgan fingerprint density at radius 3 is 2.13 bits per heavy atom. The van der Waals surface area contributed by atoms with Crippen molar-refractivity contribution in [2.24, 2.45) is 32.2 Å². The standard InChI is InChI=1S/C25H33N3O3/c1-14(2)18-12-29-23(26-18)25(5,24-27-19(13-30-24)15(3)4)11-21-28-22-17-9-7-6-8-16(17)10-20(22)31-21/h6-9,14-15,18-20,22H,10-13H2,1-5H3/t18-,19-,20-,22+/m1/s1. The molecule has 0 radical (unpaired) electrons. The average Bonchev–Trinajstić information content (AvgIpc) is 3.50. The van der Waals surface area contributed by atoms with Gasteiger partial charge >= 0.3 is 0 Å². The molecule has 6 heteroatoms. The fourth-order valence-electron chi connectivity index (χ4n) is 4.85. The van der Waals surface area contributed by atoms with Crippen LogP contribution in [0.15, 0.2) is 39.2 Å². The Morgan fingerprint density at radius 1 is 0.935 bits per heavy atom. The number of hydrogen-bond acceptors (Lipinski definition) is 6. The van der Waals surface area contributed by atoms with E-state index in [0.717, 1.165) is 12.3 Å². The average molecular weight is 424 g/mol. The molecule has 0 spiro atoms. The van der Waals surface area contributed by atoms with Crippen LogP contribution in [-0.2, 0) is 20.6 Å². The third kappa shape index (κ3) is 3.54. The molecule has 4 aliphatic rings. The lowest BCUT2D eigenvalue weighted by atomic mass is 9.85. The summed E-state index contributed by atoms with van der Waals surface area (Å²) < 4.78 is 18.6. The Labute approximate surface area is 184 Å². The van der Waals surface area contributed by atoms with E-state index in [9.17, 15) is 0 Å². The van der Waals surface area contributed by atoms with Crippen molar-refractivity contribution in [2.45, 2.75) is 71.7 Å². The molecule has 3 heterocycles. The SMILES string of the molecule is CC(C)[C@H]1COC(C(C)(CC2=N[C@H]3c4ccccc4C[C@H]3O2)C2=N[C@@H](C(C)C)CO2)=N1. The van der Waals surface area contributed by atoms with Gasteiger partial charge in [0.05, 0.1) is 12.1 Å². The molecule has 6 nitrogen and oxygen atoms in total. The van der Waals surface area contributed by atoms with Gasteiger partial charge in [0, 0.05) is 12.8 Å². The van der Waals surface area contributed by atoms with E-state index < -0.39 is 5.41 Å². The molecule has 0 amide bonds. The van der Waals surface area contributed by atoms with Gasteiger partial charge in [0.25, 0.3) is 0 Å². The maximum absolute atomic E-state index is 6.36. The molecule has 0 unspecified atom stereocenters. The van der Waals surface area contributed by atoms with Crippen LogP contribution in [0.2, 0.25) is 0 Å². The number of aliphatic imine (C=N–C) groups is 3. The summed E-state index contributed by atoms with van der Waals surface area (Å²) in [5, 5.41) is 0. The van der Waals surface area contributed by atoms with Crippen LogP contribution in [0.3, 0.4) is 0 Å². The minimum atomic E-state index is -0.607. The first-order chi connectivity index (χ1) is 14.8. The molecule has 0 saturated heterocycles. The summed E-state index contributed by atoms with van der Waals surface area (Å²) in [6.45, 7) is 12.0. The summed E-state index contributed by atoms with van der Waals surface area (Å²) in [5.41, 5.74) is 2.02. The summed E-state index contributed by atoms with van der Waals surface area (Å²) in [6.07, 6.45) is 1.54. The van der Waals surface area contributed by atoms with Gasteiger partial charge in [0.1, 0.15) is 30.8 Å². The molecule has 0 aromatic heterocycles. The number of nitrogens with zero attached hydrogens (tertiary/aromatic N) is 3. The van der Waals surface area contributed by atoms with Crippen molar-refractivity contribution in [1.29, 1.82) is 0 Å². The molecular weight excluding hydrogens is 390 g/mol. The van der Waals surface area contributed by atoms with Crippen molar-refractivity contribution in [3.8, 4) is 0 Å². The normalized spacial score (nSPS) is 29.2. The summed E-state index contributed by atoms with van der Waals surface area (Å²) >= 11 is 0. The van der Waals surface area contributed by atoms with E-state index in [1.54, 1.807) is 0 Å². The molecule has 1 aliphatic carbocycles. The number of rotatable bonds is 6. The van der Waals surface area contributed by atoms with Crippen LogP contribution in [0.5, 0.6) is 0 Å². The fraction of sp³-hybridized carbons (Fsp3) is 0.640. The van der Waals surface area contributed by atoms with Crippen molar-refractivity contribution in [3.05, 3.63) is 35.4 Å². The predicted octanol–water partition coefficient (Wildman–Crippen LogP) is 4.38. The first-order valence-electron chi connectivity index (χ1n) is 11.6. The Hall–Kier alpha value is -2.37. The topological polar surface area (TPSA) is 64.8 Å². The summed E-state index contributed by atoms with van der Waals surface area (Å²) in [4.78, 5) is 14.9. The van der Waals surface area contributed by atoms with Gasteiger partial charge in [-0.1, -0.05) is 52.0 Å². The number of ether oxygens (including phenoxy) is 3. The van der Waals surface area contributed by atoms with Crippen LogP contribution in [0.1, 0.15) is 58.2 Å². The molecular formula is C25H33N3O3. The zero-order valence-electron chi connectivity index (χ0n) is 19.2. The highest BCUT2D eigenvalue weighted by Gasteiger charge is 2.49. The van der Waals surface area contributed by atoms with E-state index in [-0.39, 0.29) is 24.2 Å². The Bertz CT molecular complexity index is 915. The van der Waals surface area contributed by atoms with Crippen molar-refractivity contribution < 1.29 is 14.2 Å². The van der Waals surface area contributed by atoms with E-state index in [0.29, 0.717) is 43.3 Å². The second-order valence-electron chi connectivity index (χ2n) is 10.1. The van der Waals surface area contributed by atoms with Crippen LogP contribution in [-0.4, -0.2) is 49.1 Å². The minimum absolute atomic E-state index is 0.0835. The van der Waals surface area contributed by atoms with Crippen molar-refractivity contribution >= 4 is 17.7 Å².